The number of amides is 4. The number of nitrogens with zero attached hydrogens (tertiary/aromatic N) is 1. The summed E-state index contributed by atoms with van der Waals surface area (Å²) in [6.07, 6.45) is 1.19. The van der Waals surface area contributed by atoms with Crippen molar-refractivity contribution in [2.24, 2.45) is 0 Å². The Balaban J connectivity index is 1.72. The molecule has 33 heavy (non-hydrogen) atoms. The van der Waals surface area contributed by atoms with Crippen molar-refractivity contribution in [1.82, 2.24) is 5.32 Å². The highest BCUT2D eigenvalue weighted by Crippen LogP contribution is 2.35. The second-order valence-corrected chi connectivity index (χ2v) is 7.80. The zero-order valence-corrected chi connectivity index (χ0v) is 18.4. The Morgan fingerprint density at radius 1 is 1.06 bits per heavy atom. The highest BCUT2D eigenvalue weighted by atomic mass is 35.5. The fourth-order valence-corrected chi connectivity index (χ4v) is 3.77. The molecule has 2 aromatic carbocycles. The van der Waals surface area contributed by atoms with Crippen LogP contribution in [0.5, 0.6) is 0 Å². The average molecular weight is 485 g/mol. The van der Waals surface area contributed by atoms with Gasteiger partial charge in [0.25, 0.3) is 11.8 Å². The van der Waals surface area contributed by atoms with Gasteiger partial charge in [0.05, 0.1) is 21.3 Å². The molecule has 1 saturated heterocycles. The van der Waals surface area contributed by atoms with Crippen molar-refractivity contribution < 1.29 is 28.7 Å². The summed E-state index contributed by atoms with van der Waals surface area (Å²) in [5.74, 6) is -2.39. The molecule has 3 aromatic rings. The van der Waals surface area contributed by atoms with Gasteiger partial charge in [-0.15, -0.1) is 0 Å². The SMILES string of the molecule is Cc1c(C(=O)O)cccc1-c1ccc(C=C2C(=O)NC(=O)N(c3cccc(Cl)c3Cl)C2=O)o1. The van der Waals surface area contributed by atoms with Crippen LogP contribution in [-0.2, 0) is 9.59 Å². The molecule has 8 nitrogen and oxygen atoms in total. The Labute approximate surface area is 197 Å². The Morgan fingerprint density at radius 2 is 1.79 bits per heavy atom. The molecular formula is C23H14Cl2N2O6. The first-order valence-corrected chi connectivity index (χ1v) is 10.2. The number of anilines is 1. The molecule has 0 atom stereocenters. The lowest BCUT2D eigenvalue weighted by atomic mass is 10.0. The molecule has 0 spiro atoms. The number of carbonyl (C=O) groups excluding carboxylic acids is 3. The minimum Gasteiger partial charge on any atom is -0.478 e. The van der Waals surface area contributed by atoms with Crippen molar-refractivity contribution in [2.45, 2.75) is 6.92 Å². The van der Waals surface area contributed by atoms with E-state index in [1.54, 1.807) is 25.1 Å². The number of furan rings is 1. The quantitative estimate of drug-likeness (QED) is 0.400. The van der Waals surface area contributed by atoms with Gasteiger partial charge in [-0.05, 0) is 48.9 Å². The molecule has 4 rings (SSSR count). The summed E-state index contributed by atoms with van der Waals surface area (Å²) in [6, 6.07) is 11.3. The first-order chi connectivity index (χ1) is 15.7. The minimum atomic E-state index is -1.07. The maximum Gasteiger partial charge on any atom is 0.336 e. The first kappa shape index (κ1) is 22.3. The molecular weight excluding hydrogens is 471 g/mol. The summed E-state index contributed by atoms with van der Waals surface area (Å²) in [7, 11) is 0. The van der Waals surface area contributed by atoms with Crippen molar-refractivity contribution in [3.63, 3.8) is 0 Å². The minimum absolute atomic E-state index is 0.0197. The van der Waals surface area contributed by atoms with Crippen LogP contribution in [0.4, 0.5) is 10.5 Å². The number of aromatic carboxylic acids is 1. The number of carbonyl (C=O) groups is 4. The molecule has 0 unspecified atom stereocenters. The zero-order chi connectivity index (χ0) is 23.9. The summed E-state index contributed by atoms with van der Waals surface area (Å²) in [6.45, 7) is 1.65. The molecule has 1 fully saturated rings. The summed E-state index contributed by atoms with van der Waals surface area (Å²) in [5, 5.41) is 11.5. The fraction of sp³-hybridized carbons (Fsp3) is 0.0435. The molecule has 0 aliphatic carbocycles. The molecule has 166 valence electrons. The van der Waals surface area contributed by atoms with Gasteiger partial charge in [0.1, 0.15) is 17.1 Å². The van der Waals surface area contributed by atoms with E-state index in [1.807, 2.05) is 0 Å². The number of urea groups is 1. The van der Waals surface area contributed by atoms with E-state index in [0.29, 0.717) is 21.8 Å². The zero-order valence-electron chi connectivity index (χ0n) is 16.9. The number of carboxylic acid groups (broad SMARTS) is 1. The molecule has 1 aliphatic heterocycles. The smallest absolute Gasteiger partial charge is 0.336 e. The first-order valence-electron chi connectivity index (χ1n) is 9.47. The van der Waals surface area contributed by atoms with Crippen LogP contribution in [0.15, 0.2) is 58.5 Å². The Kier molecular flexibility index (Phi) is 5.80. The molecule has 10 heteroatoms. The number of nitrogens with one attached hydrogen (secondary N) is 1. The van der Waals surface area contributed by atoms with Gasteiger partial charge in [0, 0.05) is 5.56 Å². The van der Waals surface area contributed by atoms with Crippen LogP contribution in [0.3, 0.4) is 0 Å². The van der Waals surface area contributed by atoms with Crippen LogP contribution < -0.4 is 10.2 Å². The largest absolute Gasteiger partial charge is 0.478 e. The van der Waals surface area contributed by atoms with Crippen LogP contribution in [-0.4, -0.2) is 28.9 Å². The van der Waals surface area contributed by atoms with Crippen molar-refractivity contribution in [2.75, 3.05) is 4.90 Å². The van der Waals surface area contributed by atoms with Crippen LogP contribution in [0, 0.1) is 6.92 Å². The number of hydrogen-bond acceptors (Lipinski definition) is 5. The van der Waals surface area contributed by atoms with E-state index in [0.717, 1.165) is 0 Å². The molecule has 2 heterocycles. The monoisotopic (exact) mass is 484 g/mol. The van der Waals surface area contributed by atoms with Gasteiger partial charge in [-0.3, -0.25) is 14.9 Å². The van der Waals surface area contributed by atoms with E-state index in [4.69, 9.17) is 27.6 Å². The molecule has 2 N–H and O–H groups in total. The lowest BCUT2D eigenvalue weighted by Gasteiger charge is -2.27. The van der Waals surface area contributed by atoms with E-state index in [1.165, 1.54) is 36.4 Å². The van der Waals surface area contributed by atoms with Gasteiger partial charge in [-0.1, -0.05) is 41.4 Å². The topological polar surface area (TPSA) is 117 Å². The highest BCUT2D eigenvalue weighted by molar-refractivity contribution is 6.46. The lowest BCUT2D eigenvalue weighted by Crippen LogP contribution is -2.54. The number of hydrogen-bond donors (Lipinski definition) is 2. The predicted molar refractivity (Wildman–Crippen MR) is 121 cm³/mol. The number of carboxylic acids is 1. The Bertz CT molecular complexity index is 1380. The molecule has 0 saturated carbocycles. The number of rotatable bonds is 4. The van der Waals surface area contributed by atoms with Crippen LogP contribution in [0.1, 0.15) is 21.7 Å². The van der Waals surface area contributed by atoms with Gasteiger partial charge in [-0.2, -0.15) is 0 Å². The molecule has 4 amide bonds. The van der Waals surface area contributed by atoms with Gasteiger partial charge >= 0.3 is 12.0 Å². The summed E-state index contributed by atoms with van der Waals surface area (Å²) < 4.78 is 5.74. The molecule has 0 radical (unpaired) electrons. The van der Waals surface area contributed by atoms with Crippen molar-refractivity contribution in [3.05, 3.63) is 81.0 Å². The molecule has 1 aliphatic rings. The van der Waals surface area contributed by atoms with Crippen LogP contribution in [0.25, 0.3) is 17.4 Å². The third kappa shape index (κ3) is 4.02. The van der Waals surface area contributed by atoms with Gasteiger partial charge < -0.3 is 9.52 Å². The van der Waals surface area contributed by atoms with Crippen LogP contribution >= 0.6 is 23.2 Å². The van der Waals surface area contributed by atoms with Crippen molar-refractivity contribution in [1.29, 1.82) is 0 Å². The highest BCUT2D eigenvalue weighted by Gasteiger charge is 2.38. The maximum atomic E-state index is 13.0. The van der Waals surface area contributed by atoms with E-state index >= 15 is 0 Å². The summed E-state index contributed by atoms with van der Waals surface area (Å²) in [4.78, 5) is 49.9. The maximum absolute atomic E-state index is 13.0. The standard InChI is InChI=1S/C23H14Cl2N2O6/c1-11-13(4-2-5-14(11)22(30)31)18-9-8-12(33-18)10-15-20(28)26-23(32)27(21(15)29)17-7-3-6-16(24)19(17)25/h2-10H,1H3,(H,30,31)(H,26,28,32). The number of barbiturate groups is 1. The fourth-order valence-electron chi connectivity index (χ4n) is 3.39. The van der Waals surface area contributed by atoms with E-state index in [9.17, 15) is 24.3 Å². The summed E-state index contributed by atoms with van der Waals surface area (Å²) >= 11 is 12.1. The van der Waals surface area contributed by atoms with Gasteiger partial charge in [0.15, 0.2) is 0 Å². The van der Waals surface area contributed by atoms with E-state index in [-0.39, 0.29) is 32.6 Å². The second kappa shape index (κ2) is 8.57. The molecule has 1 aromatic heterocycles. The van der Waals surface area contributed by atoms with Crippen molar-refractivity contribution >= 4 is 58.8 Å². The van der Waals surface area contributed by atoms with Crippen molar-refractivity contribution in [3.8, 4) is 11.3 Å². The lowest BCUT2D eigenvalue weighted by molar-refractivity contribution is -0.122. The Morgan fingerprint density at radius 3 is 2.52 bits per heavy atom. The normalized spacial score (nSPS) is 15.2. The van der Waals surface area contributed by atoms with Crippen LogP contribution in [0.2, 0.25) is 10.0 Å². The van der Waals surface area contributed by atoms with E-state index in [2.05, 4.69) is 5.32 Å². The average Bonchev–Trinajstić information content (AvgIpc) is 3.22. The number of halogens is 2. The van der Waals surface area contributed by atoms with Gasteiger partial charge in [0.2, 0.25) is 0 Å². The van der Waals surface area contributed by atoms with Gasteiger partial charge in [-0.25, -0.2) is 14.5 Å². The number of imide groups is 2. The number of benzene rings is 2. The van der Waals surface area contributed by atoms with E-state index < -0.39 is 23.8 Å². The molecule has 0 bridgehead atoms. The third-order valence-electron chi connectivity index (χ3n) is 5.02. The third-order valence-corrected chi connectivity index (χ3v) is 5.83. The Hall–Kier alpha value is -3.88. The summed E-state index contributed by atoms with van der Waals surface area (Å²) in [5.41, 5.74) is 0.825. The second-order valence-electron chi connectivity index (χ2n) is 7.02. The predicted octanol–water partition coefficient (Wildman–Crippen LogP) is 4.93.